The fourth-order valence-electron chi connectivity index (χ4n) is 2.43. The highest BCUT2D eigenvalue weighted by Crippen LogP contribution is 2.26. The molecule has 0 aromatic rings. The first-order chi connectivity index (χ1) is 13.2. The molecule has 0 heterocycles. The van der Waals surface area contributed by atoms with Crippen LogP contribution < -0.4 is 0 Å². The van der Waals surface area contributed by atoms with Crippen molar-refractivity contribution in [2.45, 2.75) is 134 Å². The molecule has 0 aliphatic carbocycles. The van der Waals surface area contributed by atoms with E-state index in [2.05, 4.69) is 54.7 Å². The van der Waals surface area contributed by atoms with Crippen molar-refractivity contribution in [2.75, 3.05) is 0 Å². The summed E-state index contributed by atoms with van der Waals surface area (Å²) in [5, 5.41) is 0. The molecule has 0 N–H and O–H groups in total. The van der Waals surface area contributed by atoms with Gasteiger partial charge in [0, 0.05) is 6.42 Å². The van der Waals surface area contributed by atoms with Crippen molar-refractivity contribution in [1.82, 2.24) is 0 Å². The van der Waals surface area contributed by atoms with E-state index >= 15 is 0 Å². The third kappa shape index (κ3) is 25.4. The predicted octanol–water partition coefficient (Wildman–Crippen LogP) is 10.6. The van der Waals surface area contributed by atoms with Gasteiger partial charge in [0.25, 0.3) is 0 Å². The third-order valence-electron chi connectivity index (χ3n) is 5.10. The summed E-state index contributed by atoms with van der Waals surface area (Å²) in [7, 11) is 0. The number of halogens is 1. The highest BCUT2D eigenvalue weighted by molar-refractivity contribution is 5.10. The standard InChI is InChI=1S/C15H27F.C8H18.2C2H6/c1-7-12(4)8-9-13(5)14(6)15(16)10-11(2)3;1-4-6-7-8(3)5-2;2*1-2/h12-13,15H,2,6-10H2,1,3-5H3;8H,4-7H2,1-3H3;2*1-2H3. The van der Waals surface area contributed by atoms with E-state index in [1.807, 2.05) is 34.6 Å². The molecule has 4 unspecified atom stereocenters. The lowest BCUT2D eigenvalue weighted by molar-refractivity contribution is 0.339. The summed E-state index contributed by atoms with van der Waals surface area (Å²) in [4.78, 5) is 0. The SMILES string of the molecule is C=C(C)CC(F)C(=C)C(C)CCC(C)CC.CC.CC.CCCCC(C)CC. The van der Waals surface area contributed by atoms with Gasteiger partial charge in [-0.05, 0) is 36.7 Å². The maximum atomic E-state index is 13.7. The Hall–Kier alpha value is -0.590. The molecule has 0 rings (SSSR count). The molecule has 0 aliphatic rings. The number of hydrogen-bond acceptors (Lipinski definition) is 0. The first-order valence-electron chi connectivity index (χ1n) is 12.2. The summed E-state index contributed by atoms with van der Waals surface area (Å²) in [6.45, 7) is 30.9. The Kier molecular flexibility index (Phi) is 32.9. The van der Waals surface area contributed by atoms with E-state index in [-0.39, 0.29) is 5.92 Å². The van der Waals surface area contributed by atoms with Crippen molar-refractivity contribution >= 4 is 0 Å². The fourth-order valence-corrected chi connectivity index (χ4v) is 2.43. The van der Waals surface area contributed by atoms with Crippen molar-refractivity contribution in [3.8, 4) is 0 Å². The Labute approximate surface area is 180 Å². The van der Waals surface area contributed by atoms with Crippen molar-refractivity contribution in [3.05, 3.63) is 24.3 Å². The van der Waals surface area contributed by atoms with Gasteiger partial charge >= 0.3 is 0 Å². The van der Waals surface area contributed by atoms with Crippen molar-refractivity contribution in [2.24, 2.45) is 17.8 Å². The van der Waals surface area contributed by atoms with Crippen LogP contribution in [0.5, 0.6) is 0 Å². The van der Waals surface area contributed by atoms with Gasteiger partial charge in [-0.1, -0.05) is 120 Å². The second-order valence-electron chi connectivity index (χ2n) is 7.85. The number of unbranched alkanes of at least 4 members (excludes halogenated alkanes) is 1. The van der Waals surface area contributed by atoms with Gasteiger partial charge in [-0.15, -0.1) is 6.58 Å². The zero-order valence-electron chi connectivity index (χ0n) is 21.8. The zero-order valence-corrected chi connectivity index (χ0v) is 21.8. The second-order valence-corrected chi connectivity index (χ2v) is 7.85. The minimum atomic E-state index is -0.913. The molecule has 0 aromatic heterocycles. The maximum absolute atomic E-state index is 13.7. The quantitative estimate of drug-likeness (QED) is 0.286. The Morgan fingerprint density at radius 1 is 0.786 bits per heavy atom. The van der Waals surface area contributed by atoms with E-state index in [1.54, 1.807) is 0 Å². The Bertz CT molecular complexity index is 318. The Morgan fingerprint density at radius 3 is 1.57 bits per heavy atom. The normalized spacial score (nSPS) is 13.9. The van der Waals surface area contributed by atoms with E-state index in [9.17, 15) is 4.39 Å². The molecule has 172 valence electrons. The van der Waals surface area contributed by atoms with Gasteiger partial charge in [0.05, 0.1) is 0 Å². The number of allylic oxidation sites excluding steroid dienone is 2. The van der Waals surface area contributed by atoms with Gasteiger partial charge in [-0.2, -0.15) is 0 Å². The molecule has 0 saturated carbocycles. The number of alkyl halides is 1. The highest BCUT2D eigenvalue weighted by atomic mass is 19.1. The molecule has 0 amide bonds. The van der Waals surface area contributed by atoms with Crippen molar-refractivity contribution in [3.63, 3.8) is 0 Å². The highest BCUT2D eigenvalue weighted by Gasteiger charge is 2.17. The number of hydrogen-bond donors (Lipinski definition) is 0. The van der Waals surface area contributed by atoms with Crippen LogP contribution >= 0.6 is 0 Å². The van der Waals surface area contributed by atoms with Gasteiger partial charge in [0.2, 0.25) is 0 Å². The van der Waals surface area contributed by atoms with Crippen LogP contribution in [0.3, 0.4) is 0 Å². The summed E-state index contributed by atoms with van der Waals surface area (Å²) >= 11 is 0. The van der Waals surface area contributed by atoms with Crippen LogP contribution in [-0.2, 0) is 0 Å². The van der Waals surface area contributed by atoms with Crippen LogP contribution in [0.1, 0.15) is 128 Å². The van der Waals surface area contributed by atoms with Gasteiger partial charge in [0.15, 0.2) is 0 Å². The molecule has 0 nitrogen and oxygen atoms in total. The maximum Gasteiger partial charge on any atom is 0.125 e. The molecule has 4 atom stereocenters. The molecule has 28 heavy (non-hydrogen) atoms. The lowest BCUT2D eigenvalue weighted by atomic mass is 9.88. The molecule has 0 aromatic carbocycles. The summed E-state index contributed by atoms with van der Waals surface area (Å²) in [6, 6.07) is 0. The van der Waals surface area contributed by atoms with Gasteiger partial charge < -0.3 is 0 Å². The van der Waals surface area contributed by atoms with Crippen LogP contribution in [0, 0.1) is 17.8 Å². The van der Waals surface area contributed by atoms with Crippen LogP contribution in [-0.4, -0.2) is 6.17 Å². The van der Waals surface area contributed by atoms with E-state index in [4.69, 9.17) is 0 Å². The number of rotatable bonds is 12. The Morgan fingerprint density at radius 2 is 1.21 bits per heavy atom. The molecule has 0 radical (unpaired) electrons. The fraction of sp³-hybridized carbons (Fsp3) is 0.852. The molecule has 0 fully saturated rings. The minimum Gasteiger partial charge on any atom is -0.242 e. The summed E-state index contributed by atoms with van der Waals surface area (Å²) in [5.74, 6) is 1.97. The second kappa shape index (κ2) is 26.4. The van der Waals surface area contributed by atoms with Crippen molar-refractivity contribution < 1.29 is 4.39 Å². The smallest absolute Gasteiger partial charge is 0.125 e. The van der Waals surface area contributed by atoms with Crippen LogP contribution in [0.25, 0.3) is 0 Å². The average molecular weight is 401 g/mol. The topological polar surface area (TPSA) is 0 Å². The van der Waals surface area contributed by atoms with Crippen LogP contribution in [0.4, 0.5) is 4.39 Å². The van der Waals surface area contributed by atoms with Gasteiger partial charge in [0.1, 0.15) is 6.17 Å². The molecule has 1 heteroatoms. The van der Waals surface area contributed by atoms with Crippen molar-refractivity contribution in [1.29, 1.82) is 0 Å². The monoisotopic (exact) mass is 400 g/mol. The molecule has 0 aliphatic heterocycles. The molecular weight excluding hydrogens is 343 g/mol. The summed E-state index contributed by atoms with van der Waals surface area (Å²) in [5.41, 5.74) is 1.63. The van der Waals surface area contributed by atoms with Gasteiger partial charge in [-0.3, -0.25) is 0 Å². The van der Waals surface area contributed by atoms with E-state index in [0.717, 1.165) is 35.8 Å². The molecule has 0 bridgehead atoms. The summed E-state index contributed by atoms with van der Waals surface area (Å²) < 4.78 is 13.7. The average Bonchev–Trinajstić information content (AvgIpc) is 2.72. The van der Waals surface area contributed by atoms with Gasteiger partial charge in [-0.25, -0.2) is 4.39 Å². The lowest BCUT2D eigenvalue weighted by Crippen LogP contribution is -2.12. The van der Waals surface area contributed by atoms with Crippen LogP contribution in [0.15, 0.2) is 24.3 Å². The third-order valence-corrected chi connectivity index (χ3v) is 5.10. The largest absolute Gasteiger partial charge is 0.242 e. The first-order valence-corrected chi connectivity index (χ1v) is 12.2. The van der Waals surface area contributed by atoms with E-state index < -0.39 is 6.17 Å². The Balaban J connectivity index is -0.000000201. The molecule has 0 saturated heterocycles. The zero-order chi connectivity index (χ0) is 23.1. The predicted molar refractivity (Wildman–Crippen MR) is 133 cm³/mol. The molecular formula is C27H57F. The summed E-state index contributed by atoms with van der Waals surface area (Å²) in [6.07, 6.45) is 8.45. The minimum absolute atomic E-state index is 0.281. The van der Waals surface area contributed by atoms with E-state index in [1.165, 1.54) is 32.1 Å². The van der Waals surface area contributed by atoms with E-state index in [0.29, 0.717) is 6.42 Å². The molecule has 0 spiro atoms. The van der Waals surface area contributed by atoms with Crippen LogP contribution in [0.2, 0.25) is 0 Å². The first kappa shape index (κ1) is 34.9. The lowest BCUT2D eigenvalue weighted by Gasteiger charge is -2.20.